The molecule has 0 spiro atoms. The van der Waals surface area contributed by atoms with Crippen LogP contribution < -0.4 is 0 Å². The molecule has 76 valence electrons. The minimum atomic E-state index is 1.08. The number of rotatable bonds is 8. The fourth-order valence-corrected chi connectivity index (χ4v) is 1.10. The molecule has 0 saturated heterocycles. The van der Waals surface area contributed by atoms with Crippen LogP contribution >= 0.6 is 0 Å². The molecule has 0 aromatic rings. The number of ether oxygens (including phenoxy) is 1. The van der Waals surface area contributed by atoms with E-state index in [-0.39, 0.29) is 0 Å². The molecule has 0 aliphatic heterocycles. The summed E-state index contributed by atoms with van der Waals surface area (Å²) >= 11 is 0. The van der Waals surface area contributed by atoms with Crippen LogP contribution in [0.25, 0.3) is 0 Å². The predicted molar refractivity (Wildman–Crippen MR) is 58.7 cm³/mol. The van der Waals surface area contributed by atoms with E-state index < -0.39 is 0 Å². The molecule has 0 amide bonds. The molecule has 0 bridgehead atoms. The molecule has 0 aromatic carbocycles. The Kier molecular flexibility index (Phi) is 10.7. The zero-order valence-electron chi connectivity index (χ0n) is 8.96. The highest BCUT2D eigenvalue weighted by atomic mass is 16.5. The number of hydrogen-bond donors (Lipinski definition) is 0. The normalized spacial score (nSPS) is 11.5. The number of methoxy groups -OCH3 is 1. The summed E-state index contributed by atoms with van der Waals surface area (Å²) in [6.45, 7) is 2.24. The molecule has 1 nitrogen and oxygen atoms in total. The first-order valence-corrected chi connectivity index (χ1v) is 5.24. The average Bonchev–Trinajstić information content (AvgIpc) is 2.16. The van der Waals surface area contributed by atoms with E-state index in [1.54, 1.807) is 13.4 Å². The molecule has 13 heavy (non-hydrogen) atoms. The van der Waals surface area contributed by atoms with Gasteiger partial charge in [-0.05, 0) is 31.8 Å². The van der Waals surface area contributed by atoms with Crippen LogP contribution in [0.5, 0.6) is 0 Å². The predicted octanol–water partition coefficient (Wildman–Crippen LogP) is 4.06. The fourth-order valence-electron chi connectivity index (χ4n) is 1.10. The second-order valence-corrected chi connectivity index (χ2v) is 3.15. The maximum absolute atomic E-state index is 4.80. The van der Waals surface area contributed by atoms with E-state index in [1.165, 1.54) is 25.7 Å². The zero-order chi connectivity index (χ0) is 9.78. The third-order valence-electron chi connectivity index (χ3n) is 1.87. The number of hydrogen-bond acceptors (Lipinski definition) is 1. The van der Waals surface area contributed by atoms with Gasteiger partial charge >= 0.3 is 0 Å². The lowest BCUT2D eigenvalue weighted by Crippen LogP contribution is -1.71. The molecule has 1 heteroatoms. The highest BCUT2D eigenvalue weighted by molar-refractivity contribution is 4.85. The Labute approximate surface area is 82.5 Å². The molecule has 0 heterocycles. The van der Waals surface area contributed by atoms with Gasteiger partial charge in [-0.25, -0.2) is 0 Å². The van der Waals surface area contributed by atoms with Gasteiger partial charge in [0.05, 0.1) is 13.4 Å². The lowest BCUT2D eigenvalue weighted by atomic mass is 10.2. The first kappa shape index (κ1) is 12.3. The third kappa shape index (κ3) is 11.3. The van der Waals surface area contributed by atoms with Crippen molar-refractivity contribution in [2.45, 2.75) is 45.4 Å². The minimum Gasteiger partial charge on any atom is -0.505 e. The van der Waals surface area contributed by atoms with Gasteiger partial charge in [0.2, 0.25) is 0 Å². The Balaban J connectivity index is 3.07. The molecule has 0 aliphatic carbocycles. The van der Waals surface area contributed by atoms with Crippen LogP contribution in [-0.4, -0.2) is 7.11 Å². The van der Waals surface area contributed by atoms with Crippen molar-refractivity contribution in [2.24, 2.45) is 0 Å². The third-order valence-corrected chi connectivity index (χ3v) is 1.87. The molecule has 0 unspecified atom stereocenters. The molecule has 0 aliphatic rings. The summed E-state index contributed by atoms with van der Waals surface area (Å²) in [5, 5.41) is 0. The highest BCUT2D eigenvalue weighted by Gasteiger charge is 1.81. The summed E-state index contributed by atoms with van der Waals surface area (Å²) < 4.78 is 4.80. The van der Waals surface area contributed by atoms with E-state index >= 15 is 0 Å². The van der Waals surface area contributed by atoms with Crippen LogP contribution in [-0.2, 0) is 4.74 Å². The van der Waals surface area contributed by atoms with Crippen LogP contribution in [0.1, 0.15) is 45.4 Å². The lowest BCUT2D eigenvalue weighted by molar-refractivity contribution is 0.336. The monoisotopic (exact) mass is 182 g/mol. The summed E-state index contributed by atoms with van der Waals surface area (Å²) in [4.78, 5) is 0. The molecule has 0 fully saturated rings. The smallest absolute Gasteiger partial charge is 0.0784 e. The van der Waals surface area contributed by atoms with Crippen molar-refractivity contribution in [3.8, 4) is 0 Å². The molecular weight excluding hydrogens is 160 g/mol. The molecule has 0 N–H and O–H groups in total. The topological polar surface area (TPSA) is 9.23 Å². The summed E-state index contributed by atoms with van der Waals surface area (Å²) in [5.74, 6) is 0. The standard InChI is InChI=1S/C12H22O/c1-3-4-5-6-7-8-9-10-11-12-13-2/h7-8,11-12H,3-6,9-10H2,1-2H3/b8-7+,12-11?. The molecule has 0 rings (SSSR count). The van der Waals surface area contributed by atoms with Crippen molar-refractivity contribution in [3.05, 3.63) is 24.5 Å². The molecule has 0 saturated carbocycles. The van der Waals surface area contributed by atoms with Gasteiger partial charge in [-0.1, -0.05) is 31.9 Å². The van der Waals surface area contributed by atoms with Crippen molar-refractivity contribution in [1.29, 1.82) is 0 Å². The van der Waals surface area contributed by atoms with Crippen LogP contribution in [0, 0.1) is 0 Å². The van der Waals surface area contributed by atoms with Crippen LogP contribution in [0.15, 0.2) is 24.5 Å². The van der Waals surface area contributed by atoms with E-state index in [9.17, 15) is 0 Å². The van der Waals surface area contributed by atoms with Crippen molar-refractivity contribution in [2.75, 3.05) is 7.11 Å². The molecular formula is C12H22O. The van der Waals surface area contributed by atoms with E-state index in [1.807, 2.05) is 0 Å². The zero-order valence-corrected chi connectivity index (χ0v) is 8.96. The molecule has 0 radical (unpaired) electrons. The van der Waals surface area contributed by atoms with Gasteiger partial charge in [-0.3, -0.25) is 0 Å². The largest absolute Gasteiger partial charge is 0.505 e. The quantitative estimate of drug-likeness (QED) is 0.312. The minimum absolute atomic E-state index is 1.08. The Morgan fingerprint density at radius 2 is 1.62 bits per heavy atom. The van der Waals surface area contributed by atoms with Gasteiger partial charge in [-0.2, -0.15) is 0 Å². The maximum Gasteiger partial charge on any atom is 0.0784 e. The van der Waals surface area contributed by atoms with Gasteiger partial charge < -0.3 is 4.74 Å². The Morgan fingerprint density at radius 1 is 0.923 bits per heavy atom. The first-order valence-electron chi connectivity index (χ1n) is 5.24. The second kappa shape index (κ2) is 11.3. The highest BCUT2D eigenvalue weighted by Crippen LogP contribution is 2.01. The van der Waals surface area contributed by atoms with Crippen molar-refractivity contribution >= 4 is 0 Å². The van der Waals surface area contributed by atoms with Gasteiger partial charge in [0, 0.05) is 0 Å². The van der Waals surface area contributed by atoms with E-state index in [2.05, 4.69) is 25.2 Å². The van der Waals surface area contributed by atoms with Crippen molar-refractivity contribution in [3.63, 3.8) is 0 Å². The van der Waals surface area contributed by atoms with Crippen LogP contribution in [0.2, 0.25) is 0 Å². The van der Waals surface area contributed by atoms with E-state index in [4.69, 9.17) is 4.74 Å². The van der Waals surface area contributed by atoms with Gasteiger partial charge in [0.1, 0.15) is 0 Å². The van der Waals surface area contributed by atoms with E-state index in [0.29, 0.717) is 0 Å². The van der Waals surface area contributed by atoms with Gasteiger partial charge in [0.25, 0.3) is 0 Å². The average molecular weight is 182 g/mol. The Hall–Kier alpha value is -0.720. The maximum atomic E-state index is 4.80. The van der Waals surface area contributed by atoms with Gasteiger partial charge in [0.15, 0.2) is 0 Å². The lowest BCUT2D eigenvalue weighted by Gasteiger charge is -1.91. The second-order valence-electron chi connectivity index (χ2n) is 3.15. The molecule has 0 atom stereocenters. The summed E-state index contributed by atoms with van der Waals surface area (Å²) in [5.41, 5.74) is 0. The first-order chi connectivity index (χ1) is 6.41. The van der Waals surface area contributed by atoms with Crippen LogP contribution in [0.4, 0.5) is 0 Å². The molecule has 0 aromatic heterocycles. The number of allylic oxidation sites excluding steroid dienone is 3. The van der Waals surface area contributed by atoms with Crippen molar-refractivity contribution < 1.29 is 4.74 Å². The summed E-state index contributed by atoms with van der Waals surface area (Å²) in [6.07, 6.45) is 15.8. The Bertz CT molecular complexity index is 136. The fraction of sp³-hybridized carbons (Fsp3) is 0.667. The van der Waals surface area contributed by atoms with Gasteiger partial charge in [-0.15, -0.1) is 0 Å². The van der Waals surface area contributed by atoms with Crippen LogP contribution in [0.3, 0.4) is 0 Å². The summed E-state index contributed by atoms with van der Waals surface area (Å²) in [7, 11) is 1.68. The number of unbranched alkanes of at least 4 members (excludes halogenated alkanes) is 4. The van der Waals surface area contributed by atoms with Crippen molar-refractivity contribution in [1.82, 2.24) is 0 Å². The SMILES string of the molecule is CCCCC/C=C/CCC=COC. The van der Waals surface area contributed by atoms with E-state index in [0.717, 1.165) is 12.8 Å². The summed E-state index contributed by atoms with van der Waals surface area (Å²) in [6, 6.07) is 0. The Morgan fingerprint density at radius 3 is 2.31 bits per heavy atom.